The Kier molecular flexibility index (Phi) is 4.99. The molecule has 0 unspecified atom stereocenters. The van der Waals surface area contributed by atoms with E-state index in [0.717, 1.165) is 27.2 Å². The zero-order chi connectivity index (χ0) is 20.4. The maximum absolute atomic E-state index is 12.9. The Morgan fingerprint density at radius 3 is 2.21 bits per heavy atom. The fourth-order valence-electron chi connectivity index (χ4n) is 3.76. The second-order valence-electron chi connectivity index (χ2n) is 6.90. The second-order valence-corrected chi connectivity index (χ2v) is 6.90. The highest BCUT2D eigenvalue weighted by atomic mass is 16.6. The number of hydrogen-bond acceptors (Lipinski definition) is 4. The molecule has 29 heavy (non-hydrogen) atoms. The van der Waals surface area contributed by atoms with Crippen LogP contribution in [0.5, 0.6) is 0 Å². The summed E-state index contributed by atoms with van der Waals surface area (Å²) in [6, 6.07) is 18.3. The average Bonchev–Trinajstić information content (AvgIpc) is 3.07. The third kappa shape index (κ3) is 3.45. The molecule has 6 nitrogen and oxygen atoms in total. The molecule has 1 amide bonds. The van der Waals surface area contributed by atoms with Crippen LogP contribution in [0.3, 0.4) is 0 Å². The van der Waals surface area contributed by atoms with Crippen LogP contribution in [-0.4, -0.2) is 34.8 Å². The summed E-state index contributed by atoms with van der Waals surface area (Å²) in [6.45, 7) is 1.56. The molecule has 3 aromatic rings. The Bertz CT molecular complexity index is 1010. The number of carbonyl (C=O) groups excluding carboxylic acids is 1. The lowest BCUT2D eigenvalue weighted by molar-refractivity contribution is -0.138. The molecule has 1 aliphatic carbocycles. The molecular weight excluding hydrogens is 368 g/mol. The molecule has 0 saturated heterocycles. The van der Waals surface area contributed by atoms with Crippen LogP contribution in [0, 0.1) is 0 Å². The van der Waals surface area contributed by atoms with Crippen LogP contribution in [0.25, 0.3) is 11.1 Å². The monoisotopic (exact) mass is 388 g/mol. The van der Waals surface area contributed by atoms with Crippen molar-refractivity contribution in [1.82, 2.24) is 4.98 Å². The van der Waals surface area contributed by atoms with Gasteiger partial charge < -0.3 is 9.84 Å². The number of pyridine rings is 1. The van der Waals surface area contributed by atoms with Gasteiger partial charge in [0, 0.05) is 12.1 Å². The molecular formula is C23H20N2O4. The van der Waals surface area contributed by atoms with Crippen molar-refractivity contribution in [3.05, 3.63) is 84.2 Å². The number of nitrogens with zero attached hydrogens (tertiary/aromatic N) is 2. The fourth-order valence-corrected chi connectivity index (χ4v) is 3.76. The highest BCUT2D eigenvalue weighted by molar-refractivity contribution is 5.94. The third-order valence-corrected chi connectivity index (χ3v) is 5.20. The summed E-state index contributed by atoms with van der Waals surface area (Å²) in [5.41, 5.74) is 4.83. The quantitative estimate of drug-likeness (QED) is 0.704. The summed E-state index contributed by atoms with van der Waals surface area (Å²) in [7, 11) is 0. The van der Waals surface area contributed by atoms with E-state index in [1.54, 1.807) is 18.3 Å². The lowest BCUT2D eigenvalue weighted by Gasteiger charge is -2.26. The number of fused-ring (bicyclic) bond motifs is 3. The normalized spacial score (nSPS) is 13.3. The maximum atomic E-state index is 12.9. The molecule has 0 saturated carbocycles. The molecule has 4 rings (SSSR count). The van der Waals surface area contributed by atoms with Gasteiger partial charge in [-0.25, -0.2) is 9.59 Å². The number of hydrogen-bond donors (Lipinski definition) is 1. The van der Waals surface area contributed by atoms with E-state index in [-0.39, 0.29) is 12.5 Å². The van der Waals surface area contributed by atoms with Gasteiger partial charge in [0.25, 0.3) is 0 Å². The summed E-state index contributed by atoms with van der Waals surface area (Å²) in [6.07, 6.45) is 2.29. The minimum Gasteiger partial charge on any atom is -0.480 e. The Hall–Kier alpha value is -3.67. The summed E-state index contributed by atoms with van der Waals surface area (Å²) < 4.78 is 5.62. The second kappa shape index (κ2) is 7.75. The molecule has 2 aromatic carbocycles. The predicted molar refractivity (Wildman–Crippen MR) is 109 cm³/mol. The molecule has 0 bridgehead atoms. The fraction of sp³-hybridized carbons (Fsp3) is 0.174. The molecule has 0 spiro atoms. The van der Waals surface area contributed by atoms with Crippen molar-refractivity contribution in [3.8, 4) is 11.1 Å². The Labute approximate surface area is 168 Å². The van der Waals surface area contributed by atoms with E-state index in [0.29, 0.717) is 5.69 Å². The van der Waals surface area contributed by atoms with Crippen LogP contribution in [0.4, 0.5) is 10.5 Å². The van der Waals surface area contributed by atoms with E-state index in [4.69, 9.17) is 4.74 Å². The number of carbonyl (C=O) groups is 2. The molecule has 146 valence electrons. The smallest absolute Gasteiger partial charge is 0.415 e. The van der Waals surface area contributed by atoms with Gasteiger partial charge in [-0.15, -0.1) is 0 Å². The van der Waals surface area contributed by atoms with Gasteiger partial charge in [-0.2, -0.15) is 0 Å². The highest BCUT2D eigenvalue weighted by Gasteiger charge is 2.32. The molecule has 1 aliphatic rings. The molecule has 0 radical (unpaired) electrons. The number of amides is 1. The highest BCUT2D eigenvalue weighted by Crippen LogP contribution is 2.44. The first-order valence-corrected chi connectivity index (χ1v) is 9.35. The van der Waals surface area contributed by atoms with Crippen molar-refractivity contribution in [2.75, 3.05) is 11.5 Å². The van der Waals surface area contributed by atoms with Crippen LogP contribution in [0.15, 0.2) is 73.1 Å². The van der Waals surface area contributed by atoms with Crippen molar-refractivity contribution in [2.24, 2.45) is 0 Å². The topological polar surface area (TPSA) is 79.7 Å². The largest absolute Gasteiger partial charge is 0.480 e. The van der Waals surface area contributed by atoms with Crippen LogP contribution < -0.4 is 4.90 Å². The van der Waals surface area contributed by atoms with E-state index in [9.17, 15) is 14.7 Å². The van der Waals surface area contributed by atoms with Crippen LogP contribution in [-0.2, 0) is 9.53 Å². The molecule has 1 N–H and O–H groups in total. The third-order valence-electron chi connectivity index (χ3n) is 5.20. The van der Waals surface area contributed by atoms with Gasteiger partial charge in [0.2, 0.25) is 0 Å². The van der Waals surface area contributed by atoms with Gasteiger partial charge in [-0.1, -0.05) is 48.5 Å². The van der Waals surface area contributed by atoms with Gasteiger partial charge in [-0.3, -0.25) is 9.88 Å². The summed E-state index contributed by atoms with van der Waals surface area (Å²) in [5, 5.41) is 9.43. The van der Waals surface area contributed by atoms with Crippen molar-refractivity contribution < 1.29 is 19.4 Å². The SMILES string of the molecule is C[C@@H](C(=O)O)N(C(=O)OCC1c2ccccc2-c2ccccc21)c1cccnc1. The first-order chi connectivity index (χ1) is 14.1. The van der Waals surface area contributed by atoms with Crippen LogP contribution in [0.2, 0.25) is 0 Å². The van der Waals surface area contributed by atoms with E-state index in [2.05, 4.69) is 17.1 Å². The molecule has 6 heteroatoms. The van der Waals surface area contributed by atoms with Crippen molar-refractivity contribution in [1.29, 1.82) is 0 Å². The van der Waals surface area contributed by atoms with E-state index in [1.165, 1.54) is 13.1 Å². The van der Waals surface area contributed by atoms with Gasteiger partial charge in [0.15, 0.2) is 0 Å². The van der Waals surface area contributed by atoms with Gasteiger partial charge in [0.05, 0.1) is 11.9 Å². The Morgan fingerprint density at radius 2 is 1.66 bits per heavy atom. The summed E-state index contributed by atoms with van der Waals surface area (Å²) in [5.74, 6) is -1.22. The number of carboxylic acid groups (broad SMARTS) is 1. The van der Waals surface area contributed by atoms with Gasteiger partial charge >= 0.3 is 12.1 Å². The van der Waals surface area contributed by atoms with Crippen LogP contribution >= 0.6 is 0 Å². The number of benzene rings is 2. The maximum Gasteiger partial charge on any atom is 0.415 e. The number of aromatic nitrogens is 1. The molecule has 0 aliphatic heterocycles. The average molecular weight is 388 g/mol. The molecule has 1 atom stereocenters. The van der Waals surface area contributed by atoms with Crippen molar-refractivity contribution in [2.45, 2.75) is 18.9 Å². The summed E-state index contributed by atoms with van der Waals surface area (Å²) in [4.78, 5) is 29.5. The van der Waals surface area contributed by atoms with E-state index in [1.807, 2.05) is 36.4 Å². The Morgan fingerprint density at radius 1 is 1.03 bits per heavy atom. The number of aliphatic carboxylic acids is 1. The first kappa shape index (κ1) is 18.7. The van der Waals surface area contributed by atoms with E-state index >= 15 is 0 Å². The molecule has 1 aromatic heterocycles. The zero-order valence-corrected chi connectivity index (χ0v) is 15.9. The number of ether oxygens (including phenoxy) is 1. The number of rotatable bonds is 5. The first-order valence-electron chi connectivity index (χ1n) is 9.35. The lowest BCUT2D eigenvalue weighted by Crippen LogP contribution is -2.44. The molecule has 1 heterocycles. The van der Waals surface area contributed by atoms with Gasteiger partial charge in [-0.05, 0) is 41.3 Å². The van der Waals surface area contributed by atoms with Gasteiger partial charge in [0.1, 0.15) is 12.6 Å². The summed E-state index contributed by atoms with van der Waals surface area (Å²) >= 11 is 0. The molecule has 0 fully saturated rings. The number of anilines is 1. The standard InChI is InChI=1S/C23H20N2O4/c1-15(22(26)27)25(16-7-6-12-24-13-16)23(28)29-14-21-19-10-4-2-8-17(19)18-9-3-5-11-20(18)21/h2-13,15,21H,14H2,1H3,(H,26,27)/t15-/m0/s1. The minimum absolute atomic E-state index is 0.0952. The zero-order valence-electron chi connectivity index (χ0n) is 15.9. The predicted octanol–water partition coefficient (Wildman–Crippen LogP) is 4.31. The van der Waals surface area contributed by atoms with Crippen LogP contribution in [0.1, 0.15) is 24.0 Å². The number of carboxylic acids is 1. The lowest BCUT2D eigenvalue weighted by atomic mass is 9.98. The minimum atomic E-state index is -1.12. The van der Waals surface area contributed by atoms with Crippen molar-refractivity contribution in [3.63, 3.8) is 0 Å². The van der Waals surface area contributed by atoms with E-state index < -0.39 is 18.1 Å². The Balaban J connectivity index is 1.59. The van der Waals surface area contributed by atoms with Crippen molar-refractivity contribution >= 4 is 17.7 Å².